The Morgan fingerprint density at radius 3 is 2.59 bits per heavy atom. The van der Waals surface area contributed by atoms with Crippen molar-refractivity contribution < 1.29 is 31.8 Å². The number of amides is 1. The van der Waals surface area contributed by atoms with E-state index in [1.54, 1.807) is 20.8 Å². The molecule has 3 heterocycles. The van der Waals surface area contributed by atoms with Crippen LogP contribution in [0, 0.1) is 6.17 Å². The van der Waals surface area contributed by atoms with E-state index < -0.39 is 41.9 Å². The van der Waals surface area contributed by atoms with Gasteiger partial charge < -0.3 is 18.8 Å². The minimum atomic E-state index is -4.60. The maximum atomic E-state index is 14.3. The van der Waals surface area contributed by atoms with Crippen molar-refractivity contribution in [3.63, 3.8) is 0 Å². The molecule has 0 aliphatic carbocycles. The van der Waals surface area contributed by atoms with Gasteiger partial charge in [-0.3, -0.25) is 0 Å². The summed E-state index contributed by atoms with van der Waals surface area (Å²) in [5.74, 6) is 0. The van der Waals surface area contributed by atoms with Crippen molar-refractivity contribution in [2.24, 2.45) is 0 Å². The van der Waals surface area contributed by atoms with Crippen molar-refractivity contribution in [2.45, 2.75) is 57.7 Å². The fourth-order valence-electron chi connectivity index (χ4n) is 3.10. The van der Waals surface area contributed by atoms with E-state index in [9.17, 15) is 22.4 Å². The summed E-state index contributed by atoms with van der Waals surface area (Å²) in [6, 6.07) is 1.17. The summed E-state index contributed by atoms with van der Waals surface area (Å²) < 4.78 is 63.7. The number of likely N-dealkylation sites (tertiary alicyclic amines) is 1. The molecule has 10 heteroatoms. The largest absolute Gasteiger partial charge is 0.453 e. The molecule has 1 amide bonds. The van der Waals surface area contributed by atoms with Gasteiger partial charge in [-0.1, -0.05) is 6.07 Å². The molecule has 1 saturated heterocycles. The fraction of sp³-hybridized carbons (Fsp3) is 0.588. The average molecular weight is 637 g/mol. The molecule has 0 unspecified atom stereocenters. The molecular formula is C17H19F4LrN2O3-. The molecule has 1 fully saturated rings. The van der Waals surface area contributed by atoms with Crippen molar-refractivity contribution in [3.8, 4) is 0 Å². The Balaban J connectivity index is 0.00000261. The molecule has 2 aliphatic rings. The summed E-state index contributed by atoms with van der Waals surface area (Å²) in [6.45, 7) is 4.88. The summed E-state index contributed by atoms with van der Waals surface area (Å²) in [5.41, 5.74) is -1.43. The zero-order valence-corrected chi connectivity index (χ0v) is 17.0. The Kier molecular flexibility index (Phi) is 5.05. The van der Waals surface area contributed by atoms with Crippen LogP contribution in [-0.4, -0.2) is 34.2 Å². The summed E-state index contributed by atoms with van der Waals surface area (Å²) in [7, 11) is 0. The molecule has 2 aliphatic heterocycles. The SMILES string of the molecule is CC(C)(C)OC(=O)N1CC[C-](F)[C@@H]2OCc3nc(C(F)(F)F)ccc3[C@@H]21.[Lr]. The van der Waals surface area contributed by atoms with Crippen molar-refractivity contribution in [2.75, 3.05) is 6.54 Å². The second-order valence-corrected chi connectivity index (χ2v) is 7.28. The Morgan fingerprint density at radius 2 is 2.00 bits per heavy atom. The number of hydrogen-bond acceptors (Lipinski definition) is 4. The Labute approximate surface area is 148 Å². The van der Waals surface area contributed by atoms with Crippen LogP contribution in [0.4, 0.5) is 22.4 Å². The summed E-state index contributed by atoms with van der Waals surface area (Å²) in [6.07, 6.45) is -6.76. The molecule has 5 nitrogen and oxygen atoms in total. The number of carbonyl (C=O) groups excluding carboxylic acids is 1. The fourth-order valence-corrected chi connectivity index (χ4v) is 3.10. The molecule has 1 aromatic rings. The van der Waals surface area contributed by atoms with E-state index >= 15 is 0 Å². The Bertz CT molecular complexity index is 708. The van der Waals surface area contributed by atoms with E-state index in [1.165, 1.54) is 11.0 Å². The second kappa shape index (κ2) is 6.68. The van der Waals surface area contributed by atoms with Gasteiger partial charge in [-0.25, -0.2) is 9.78 Å². The first kappa shape index (κ1) is 20.4. The zero-order chi connectivity index (χ0) is 19.3. The van der Waals surface area contributed by atoms with Crippen LogP contribution < -0.4 is 0 Å². The monoisotopic (exact) mass is 637 g/mol. The van der Waals surface area contributed by atoms with Crippen LogP contribution in [0.5, 0.6) is 0 Å². The standard InChI is InChI=1S/C17H19F4N2O3.Lr/c1-16(2,3)26-15(24)23-7-6-10(18)14-13(23)9-4-5-12(17(19,20)21)22-11(9)8-25-14;/h4-5,13-14H,6-8H2,1-3H3;/q-1;/t13-,14-;/m0./s1. The number of rotatable bonds is 0. The van der Waals surface area contributed by atoms with E-state index in [4.69, 9.17) is 9.47 Å². The van der Waals surface area contributed by atoms with Crippen LogP contribution in [0.3, 0.4) is 0 Å². The van der Waals surface area contributed by atoms with Crippen LogP contribution in [0.15, 0.2) is 12.1 Å². The number of nitrogens with zero attached hydrogens (tertiary/aromatic N) is 2. The number of ether oxygens (including phenoxy) is 2. The third-order valence-electron chi connectivity index (χ3n) is 4.17. The van der Waals surface area contributed by atoms with E-state index in [0.717, 1.165) is 6.07 Å². The van der Waals surface area contributed by atoms with Gasteiger partial charge in [0.2, 0.25) is 0 Å². The minimum Gasteiger partial charge on any atom is -0.453 e. The number of carbonyl (C=O) groups is 1. The maximum Gasteiger partial charge on any atom is 0.433 e. The van der Waals surface area contributed by atoms with Crippen LogP contribution in [0.2, 0.25) is 0 Å². The number of alkyl halides is 3. The van der Waals surface area contributed by atoms with Crippen molar-refractivity contribution in [1.29, 1.82) is 0 Å². The first-order valence-electron chi connectivity index (χ1n) is 8.17. The van der Waals surface area contributed by atoms with Gasteiger partial charge in [0.1, 0.15) is 11.3 Å². The molecule has 159 valence electrons. The Hall–Kier alpha value is -2.90. The van der Waals surface area contributed by atoms with Gasteiger partial charge in [-0.05, 0) is 45.0 Å². The van der Waals surface area contributed by atoms with Crippen molar-refractivity contribution in [3.05, 3.63) is 35.3 Å². The molecule has 0 spiro atoms. The molecule has 3 rings (SSSR count). The number of piperidine rings is 1. The molecule has 2 atom stereocenters. The number of fused-ring (bicyclic) bond motifs is 3. The molecule has 0 N–H and O–H groups in total. The van der Waals surface area contributed by atoms with Gasteiger partial charge in [-0.15, -0.1) is 12.6 Å². The predicted octanol–water partition coefficient (Wildman–Crippen LogP) is 4.18. The molecule has 0 bridgehead atoms. The zero-order valence-electron chi connectivity index (χ0n) is 14.8. The normalized spacial score (nSPS) is 23.1. The third kappa shape index (κ3) is 3.94. The third-order valence-corrected chi connectivity index (χ3v) is 4.17. The summed E-state index contributed by atoms with van der Waals surface area (Å²) in [4.78, 5) is 17.4. The van der Waals surface area contributed by atoms with Gasteiger partial charge in [0.05, 0.1) is 18.3 Å². The van der Waals surface area contributed by atoms with Crippen molar-refractivity contribution >= 4 is 6.09 Å². The van der Waals surface area contributed by atoms with Crippen LogP contribution in [-0.2, 0) is 22.3 Å². The molecule has 1 aromatic heterocycles. The molecular weight excluding hydrogens is 618 g/mol. The van der Waals surface area contributed by atoms with Gasteiger partial charge in [0, 0.05) is 0 Å². The van der Waals surface area contributed by atoms with E-state index in [-0.39, 0.29) is 25.3 Å². The number of pyridine rings is 1. The van der Waals surface area contributed by atoms with Crippen LogP contribution in [0.1, 0.15) is 50.2 Å². The number of aromatic nitrogens is 1. The summed E-state index contributed by atoms with van der Waals surface area (Å²) in [5, 5.41) is 0. The van der Waals surface area contributed by atoms with E-state index in [0.29, 0.717) is 5.56 Å². The first-order chi connectivity index (χ1) is 12.0. The van der Waals surface area contributed by atoms with Gasteiger partial charge in [0.25, 0.3) is 0 Å². The van der Waals surface area contributed by atoms with Gasteiger partial charge in [0.15, 0.2) is 0 Å². The van der Waals surface area contributed by atoms with Crippen LogP contribution in [0.25, 0.3) is 0 Å². The van der Waals surface area contributed by atoms with Gasteiger partial charge in [-0.2, -0.15) is 13.2 Å². The minimum absolute atomic E-state index is 0. The molecule has 1 radical (unpaired) electrons. The smallest absolute Gasteiger partial charge is 0.433 e. The average Bonchev–Trinajstić information content (AvgIpc) is 2.51. The number of halogens is 4. The molecule has 0 saturated carbocycles. The topological polar surface area (TPSA) is 51.7 Å². The van der Waals surface area contributed by atoms with E-state index in [2.05, 4.69) is 4.98 Å². The number of hydrogen-bond donors (Lipinski definition) is 0. The predicted molar refractivity (Wildman–Crippen MR) is 82.5 cm³/mol. The van der Waals surface area contributed by atoms with Crippen LogP contribution >= 0.6 is 0 Å². The Morgan fingerprint density at radius 1 is 1.33 bits per heavy atom. The second-order valence-electron chi connectivity index (χ2n) is 7.28. The van der Waals surface area contributed by atoms with Gasteiger partial charge >= 0.3 is 12.3 Å². The summed E-state index contributed by atoms with van der Waals surface area (Å²) >= 11 is 0. The molecule has 27 heavy (non-hydrogen) atoms. The molecule has 0 aromatic carbocycles. The van der Waals surface area contributed by atoms with E-state index in [1.807, 2.05) is 0 Å². The quantitative estimate of drug-likeness (QED) is 0.317. The maximum absolute atomic E-state index is 14.3. The van der Waals surface area contributed by atoms with Crippen molar-refractivity contribution in [1.82, 2.24) is 9.88 Å². The first-order valence-corrected chi connectivity index (χ1v) is 8.17.